The molecule has 4 heterocycles. The predicted molar refractivity (Wildman–Crippen MR) is 72.2 cm³/mol. The number of rotatable bonds is 0. The van der Waals surface area contributed by atoms with Crippen molar-refractivity contribution in [1.29, 1.82) is 0 Å². The van der Waals surface area contributed by atoms with E-state index in [2.05, 4.69) is 11.0 Å². The maximum Gasteiger partial charge on any atom is 0.250 e. The maximum atomic E-state index is 12.0. The van der Waals surface area contributed by atoms with Crippen molar-refractivity contribution in [2.75, 3.05) is 13.1 Å². The molecule has 0 saturated carbocycles. The van der Waals surface area contributed by atoms with Gasteiger partial charge in [-0.05, 0) is 31.2 Å². The number of hydrogen-bond donors (Lipinski definition) is 1. The van der Waals surface area contributed by atoms with Crippen molar-refractivity contribution in [3.05, 3.63) is 34.2 Å². The van der Waals surface area contributed by atoms with Crippen LogP contribution in [0.2, 0.25) is 0 Å². The van der Waals surface area contributed by atoms with Crippen LogP contribution < -0.4 is 5.56 Å². The highest BCUT2D eigenvalue weighted by atomic mass is 16.3. The summed E-state index contributed by atoms with van der Waals surface area (Å²) >= 11 is 0. The van der Waals surface area contributed by atoms with Gasteiger partial charge in [0.2, 0.25) is 0 Å². The first-order chi connectivity index (χ1) is 9.22. The molecule has 0 aromatic carbocycles. The van der Waals surface area contributed by atoms with Gasteiger partial charge in [-0.15, -0.1) is 0 Å². The highest BCUT2D eigenvalue weighted by molar-refractivity contribution is 5.18. The van der Waals surface area contributed by atoms with Crippen LogP contribution in [0.5, 0.6) is 0 Å². The Kier molecular flexibility index (Phi) is 2.57. The van der Waals surface area contributed by atoms with Crippen LogP contribution in [0.1, 0.15) is 30.9 Å². The minimum atomic E-state index is -0.147. The summed E-state index contributed by atoms with van der Waals surface area (Å²) in [5, 5.41) is 9.90. The van der Waals surface area contributed by atoms with Crippen LogP contribution in [0.4, 0.5) is 0 Å². The minimum Gasteiger partial charge on any atom is -0.393 e. The van der Waals surface area contributed by atoms with Gasteiger partial charge >= 0.3 is 0 Å². The summed E-state index contributed by atoms with van der Waals surface area (Å²) in [5.74, 6) is 1.03. The molecule has 102 valence electrons. The minimum absolute atomic E-state index is 0.136. The second-order valence-corrected chi connectivity index (χ2v) is 6.33. The van der Waals surface area contributed by atoms with Gasteiger partial charge in [0.25, 0.3) is 5.56 Å². The molecule has 4 nitrogen and oxygen atoms in total. The van der Waals surface area contributed by atoms with Crippen LogP contribution in [0.15, 0.2) is 23.0 Å². The summed E-state index contributed by atoms with van der Waals surface area (Å²) in [6.07, 6.45) is 2.81. The SMILES string of the molecule is O=c1cccc2n1C[C@H]1C[C@@H]2CN2CCC(O)C[C@@H]12. The van der Waals surface area contributed by atoms with Crippen LogP contribution in [0, 0.1) is 5.92 Å². The highest BCUT2D eigenvalue weighted by Gasteiger charge is 2.43. The molecular weight excluding hydrogens is 240 g/mol. The van der Waals surface area contributed by atoms with E-state index in [1.165, 1.54) is 12.1 Å². The van der Waals surface area contributed by atoms with Crippen molar-refractivity contribution in [1.82, 2.24) is 9.47 Å². The lowest BCUT2D eigenvalue weighted by Crippen LogP contribution is -2.56. The van der Waals surface area contributed by atoms with E-state index in [0.717, 1.165) is 32.5 Å². The number of hydrogen-bond acceptors (Lipinski definition) is 3. The number of fused-ring (bicyclic) bond motifs is 6. The molecule has 1 N–H and O–H groups in total. The van der Waals surface area contributed by atoms with E-state index in [1.807, 2.05) is 10.6 Å². The normalized spacial score (nSPS) is 37.5. The number of aliphatic hydroxyl groups excluding tert-OH is 1. The molecule has 4 atom stereocenters. The largest absolute Gasteiger partial charge is 0.393 e. The van der Waals surface area contributed by atoms with Crippen molar-refractivity contribution >= 4 is 0 Å². The van der Waals surface area contributed by atoms with Gasteiger partial charge in [-0.3, -0.25) is 9.69 Å². The standard InChI is InChI=1S/C15H20N2O2/c18-12-4-5-16-8-10-6-11(14(16)7-12)9-17-13(10)2-1-3-15(17)19/h1-3,10-12,14,18H,4-9H2/t10-,11-,12?,14+/m1/s1. The van der Waals surface area contributed by atoms with E-state index < -0.39 is 0 Å². The summed E-state index contributed by atoms with van der Waals surface area (Å²) in [6.45, 7) is 2.90. The molecule has 0 aliphatic carbocycles. The van der Waals surface area contributed by atoms with E-state index in [0.29, 0.717) is 17.9 Å². The lowest BCUT2D eigenvalue weighted by atomic mass is 9.75. The lowest BCUT2D eigenvalue weighted by molar-refractivity contribution is -0.0247. The van der Waals surface area contributed by atoms with E-state index in [9.17, 15) is 9.90 Å². The molecule has 0 spiro atoms. The average molecular weight is 260 g/mol. The molecule has 2 bridgehead atoms. The van der Waals surface area contributed by atoms with Gasteiger partial charge in [-0.25, -0.2) is 0 Å². The van der Waals surface area contributed by atoms with Crippen LogP contribution in [-0.2, 0) is 6.54 Å². The Morgan fingerprint density at radius 2 is 2.11 bits per heavy atom. The molecule has 4 heteroatoms. The maximum absolute atomic E-state index is 12.0. The molecule has 2 saturated heterocycles. The second kappa shape index (κ2) is 4.18. The zero-order valence-electron chi connectivity index (χ0n) is 11.0. The van der Waals surface area contributed by atoms with E-state index >= 15 is 0 Å². The monoisotopic (exact) mass is 260 g/mol. The third-order valence-corrected chi connectivity index (χ3v) is 5.24. The Morgan fingerprint density at radius 3 is 3.00 bits per heavy atom. The average Bonchev–Trinajstić information content (AvgIpc) is 2.41. The van der Waals surface area contributed by atoms with Crippen LogP contribution in [-0.4, -0.2) is 39.8 Å². The summed E-state index contributed by atoms with van der Waals surface area (Å²) in [7, 11) is 0. The number of aliphatic hydroxyl groups is 1. The number of piperidine rings is 2. The van der Waals surface area contributed by atoms with E-state index in [-0.39, 0.29) is 11.7 Å². The molecule has 1 aromatic rings. The Hall–Kier alpha value is -1.13. The van der Waals surface area contributed by atoms with Crippen molar-refractivity contribution < 1.29 is 5.11 Å². The van der Waals surface area contributed by atoms with Gasteiger partial charge in [0.1, 0.15) is 0 Å². The Labute approximate surface area is 112 Å². The summed E-state index contributed by atoms with van der Waals surface area (Å²) in [5.41, 5.74) is 1.35. The second-order valence-electron chi connectivity index (χ2n) is 6.33. The third-order valence-electron chi connectivity index (χ3n) is 5.24. The van der Waals surface area contributed by atoms with Crippen molar-refractivity contribution in [3.8, 4) is 0 Å². The van der Waals surface area contributed by atoms with Gasteiger partial charge in [-0.2, -0.15) is 0 Å². The Bertz CT molecular complexity index is 553. The van der Waals surface area contributed by atoms with Crippen LogP contribution >= 0.6 is 0 Å². The molecule has 19 heavy (non-hydrogen) atoms. The van der Waals surface area contributed by atoms with E-state index in [4.69, 9.17) is 0 Å². The van der Waals surface area contributed by atoms with Crippen molar-refractivity contribution in [2.24, 2.45) is 5.92 Å². The molecule has 0 radical (unpaired) electrons. The van der Waals surface area contributed by atoms with Gasteiger partial charge in [-0.1, -0.05) is 6.07 Å². The number of pyridine rings is 1. The van der Waals surface area contributed by atoms with Crippen molar-refractivity contribution in [3.63, 3.8) is 0 Å². The number of nitrogens with zero attached hydrogens (tertiary/aromatic N) is 2. The lowest BCUT2D eigenvalue weighted by Gasteiger charge is -2.51. The Balaban J connectivity index is 1.73. The molecule has 1 unspecified atom stereocenters. The Morgan fingerprint density at radius 1 is 1.21 bits per heavy atom. The highest BCUT2D eigenvalue weighted by Crippen LogP contribution is 2.41. The molecule has 0 amide bonds. The fourth-order valence-electron chi connectivity index (χ4n) is 4.36. The molecular formula is C15H20N2O2. The fraction of sp³-hybridized carbons (Fsp3) is 0.667. The first kappa shape index (κ1) is 11.7. The van der Waals surface area contributed by atoms with Gasteiger partial charge in [0.15, 0.2) is 0 Å². The van der Waals surface area contributed by atoms with E-state index in [1.54, 1.807) is 6.07 Å². The van der Waals surface area contributed by atoms with Gasteiger partial charge < -0.3 is 9.67 Å². The first-order valence-electron chi connectivity index (χ1n) is 7.34. The molecule has 4 rings (SSSR count). The van der Waals surface area contributed by atoms with Gasteiger partial charge in [0, 0.05) is 43.4 Å². The molecule has 3 aliphatic rings. The van der Waals surface area contributed by atoms with Crippen molar-refractivity contribution in [2.45, 2.75) is 43.9 Å². The first-order valence-corrected chi connectivity index (χ1v) is 7.34. The number of aromatic nitrogens is 1. The zero-order valence-corrected chi connectivity index (χ0v) is 11.0. The predicted octanol–water partition coefficient (Wildman–Crippen LogP) is 0.791. The summed E-state index contributed by atoms with van der Waals surface area (Å²) in [4.78, 5) is 14.6. The van der Waals surface area contributed by atoms with Gasteiger partial charge in [0.05, 0.1) is 6.10 Å². The molecule has 3 aliphatic heterocycles. The summed E-state index contributed by atoms with van der Waals surface area (Å²) in [6, 6.07) is 6.14. The third kappa shape index (κ3) is 1.77. The smallest absolute Gasteiger partial charge is 0.250 e. The fourth-order valence-corrected chi connectivity index (χ4v) is 4.36. The molecule has 2 fully saturated rings. The summed E-state index contributed by atoms with van der Waals surface area (Å²) < 4.78 is 1.97. The zero-order chi connectivity index (χ0) is 13.0. The topological polar surface area (TPSA) is 45.5 Å². The molecule has 1 aromatic heterocycles. The van der Waals surface area contributed by atoms with Crippen LogP contribution in [0.3, 0.4) is 0 Å². The quantitative estimate of drug-likeness (QED) is 0.750. The van der Waals surface area contributed by atoms with Crippen LogP contribution in [0.25, 0.3) is 0 Å².